The monoisotopic (exact) mass is 264 g/mol. The summed E-state index contributed by atoms with van der Waals surface area (Å²) in [5, 5.41) is 8.93. The summed E-state index contributed by atoms with van der Waals surface area (Å²) < 4.78 is 5.88. The van der Waals surface area contributed by atoms with Crippen molar-refractivity contribution in [2.75, 3.05) is 5.73 Å². The molecule has 2 aromatic rings. The van der Waals surface area contributed by atoms with Crippen LogP contribution in [0.15, 0.2) is 49.1 Å². The fraction of sp³-hybridized carbons (Fsp3) is 0.118. The Kier molecular flexibility index (Phi) is 4.07. The number of nitrogen functional groups attached to an aromatic ring is 1. The zero-order valence-corrected chi connectivity index (χ0v) is 11.4. The molecule has 0 aromatic heterocycles. The van der Waals surface area contributed by atoms with Gasteiger partial charge in [-0.1, -0.05) is 6.08 Å². The number of nitriles is 1. The molecule has 20 heavy (non-hydrogen) atoms. The minimum atomic E-state index is 0.654. The number of benzene rings is 2. The number of nitrogens with two attached hydrogens (primary N) is 1. The van der Waals surface area contributed by atoms with Gasteiger partial charge in [0.2, 0.25) is 0 Å². The molecule has 0 saturated heterocycles. The van der Waals surface area contributed by atoms with Crippen LogP contribution in [0.1, 0.15) is 16.7 Å². The third-order valence-electron chi connectivity index (χ3n) is 2.99. The molecule has 0 atom stereocenters. The second-order valence-electron chi connectivity index (χ2n) is 4.55. The Morgan fingerprint density at radius 1 is 1.30 bits per heavy atom. The molecule has 0 aliphatic carbocycles. The lowest BCUT2D eigenvalue weighted by Gasteiger charge is -2.11. The summed E-state index contributed by atoms with van der Waals surface area (Å²) in [5.41, 5.74) is 9.02. The van der Waals surface area contributed by atoms with Gasteiger partial charge in [0.25, 0.3) is 0 Å². The van der Waals surface area contributed by atoms with Crippen molar-refractivity contribution in [2.24, 2.45) is 0 Å². The Labute approximate surface area is 118 Å². The lowest BCUT2D eigenvalue weighted by Crippen LogP contribution is -1.94. The van der Waals surface area contributed by atoms with Crippen LogP contribution >= 0.6 is 0 Å². The van der Waals surface area contributed by atoms with Crippen molar-refractivity contribution in [3.8, 4) is 17.6 Å². The Morgan fingerprint density at radius 2 is 2.10 bits per heavy atom. The number of aryl methyl sites for hydroxylation is 1. The lowest BCUT2D eigenvalue weighted by atomic mass is 10.1. The molecule has 3 nitrogen and oxygen atoms in total. The number of anilines is 1. The first kappa shape index (κ1) is 13.7. The van der Waals surface area contributed by atoms with Crippen LogP contribution in [0.2, 0.25) is 0 Å². The van der Waals surface area contributed by atoms with Crippen LogP contribution in [0.5, 0.6) is 11.5 Å². The molecule has 2 aromatic carbocycles. The van der Waals surface area contributed by atoms with Crippen molar-refractivity contribution in [3.63, 3.8) is 0 Å². The molecule has 2 N–H and O–H groups in total. The van der Waals surface area contributed by atoms with E-state index in [1.807, 2.05) is 31.2 Å². The fourth-order valence-electron chi connectivity index (χ4n) is 1.97. The molecule has 100 valence electrons. The van der Waals surface area contributed by atoms with Crippen LogP contribution in [0.4, 0.5) is 5.69 Å². The van der Waals surface area contributed by atoms with Crippen LogP contribution in [0.25, 0.3) is 0 Å². The molecule has 3 heteroatoms. The molecule has 0 aliphatic heterocycles. The highest BCUT2D eigenvalue weighted by Gasteiger charge is 2.06. The average Bonchev–Trinajstić information content (AvgIpc) is 2.42. The normalized spacial score (nSPS) is 9.80. The maximum Gasteiger partial charge on any atom is 0.131 e. The van der Waals surface area contributed by atoms with Crippen molar-refractivity contribution < 1.29 is 4.74 Å². The standard InChI is InChI=1S/C17H16N2O/c1-3-4-13-10-15(19)6-8-17(13)20-16-7-5-14(11-18)12(2)9-16/h3,5-10H,1,4,19H2,2H3. The average molecular weight is 264 g/mol. The van der Waals surface area contributed by atoms with Crippen LogP contribution in [-0.4, -0.2) is 0 Å². The molecule has 0 spiro atoms. The number of nitrogens with zero attached hydrogens (tertiary/aromatic N) is 1. The quantitative estimate of drug-likeness (QED) is 0.671. The van der Waals surface area contributed by atoms with E-state index in [9.17, 15) is 0 Å². The highest BCUT2D eigenvalue weighted by Crippen LogP contribution is 2.28. The van der Waals surface area contributed by atoms with Crippen molar-refractivity contribution >= 4 is 5.69 Å². The summed E-state index contributed by atoms with van der Waals surface area (Å²) >= 11 is 0. The molecular weight excluding hydrogens is 248 g/mol. The molecule has 0 aliphatic rings. The van der Waals surface area contributed by atoms with Crippen molar-refractivity contribution in [1.82, 2.24) is 0 Å². The molecule has 0 heterocycles. The summed E-state index contributed by atoms with van der Waals surface area (Å²) in [5.74, 6) is 1.46. The van der Waals surface area contributed by atoms with E-state index in [-0.39, 0.29) is 0 Å². The summed E-state index contributed by atoms with van der Waals surface area (Å²) in [4.78, 5) is 0. The van der Waals surface area contributed by atoms with Gasteiger partial charge in [0.05, 0.1) is 11.6 Å². The molecule has 0 unspecified atom stereocenters. The summed E-state index contributed by atoms with van der Waals surface area (Å²) in [7, 11) is 0. The molecule has 0 radical (unpaired) electrons. The van der Waals surface area contributed by atoms with Crippen molar-refractivity contribution in [2.45, 2.75) is 13.3 Å². The van der Waals surface area contributed by atoms with E-state index in [4.69, 9.17) is 15.7 Å². The van der Waals surface area contributed by atoms with Crippen LogP contribution in [0, 0.1) is 18.3 Å². The van der Waals surface area contributed by atoms with Gasteiger partial charge in [-0.15, -0.1) is 6.58 Å². The first-order chi connectivity index (χ1) is 9.63. The zero-order chi connectivity index (χ0) is 14.5. The van der Waals surface area contributed by atoms with Crippen LogP contribution in [0.3, 0.4) is 0 Å². The predicted molar refractivity (Wildman–Crippen MR) is 80.7 cm³/mol. The van der Waals surface area contributed by atoms with E-state index in [1.54, 1.807) is 18.2 Å². The van der Waals surface area contributed by atoms with Gasteiger partial charge in [-0.05, 0) is 55.3 Å². The number of allylic oxidation sites excluding steroid dienone is 1. The van der Waals surface area contributed by atoms with E-state index in [0.717, 1.165) is 16.9 Å². The highest BCUT2D eigenvalue weighted by molar-refractivity contribution is 5.50. The third-order valence-corrected chi connectivity index (χ3v) is 2.99. The summed E-state index contributed by atoms with van der Waals surface area (Å²) in [6.45, 7) is 5.63. The lowest BCUT2D eigenvalue weighted by molar-refractivity contribution is 0.477. The topological polar surface area (TPSA) is 59.0 Å². The number of hydrogen-bond acceptors (Lipinski definition) is 3. The first-order valence-corrected chi connectivity index (χ1v) is 6.32. The predicted octanol–water partition coefficient (Wildman–Crippen LogP) is 3.97. The van der Waals surface area contributed by atoms with Gasteiger partial charge in [-0.25, -0.2) is 0 Å². The molecule has 0 saturated carbocycles. The Bertz CT molecular complexity index is 684. The second kappa shape index (κ2) is 5.94. The Morgan fingerprint density at radius 3 is 2.75 bits per heavy atom. The number of ether oxygens (including phenoxy) is 1. The Balaban J connectivity index is 2.32. The van der Waals surface area contributed by atoms with E-state index in [0.29, 0.717) is 23.4 Å². The minimum Gasteiger partial charge on any atom is -0.457 e. The van der Waals surface area contributed by atoms with Gasteiger partial charge in [0.1, 0.15) is 11.5 Å². The first-order valence-electron chi connectivity index (χ1n) is 6.32. The highest BCUT2D eigenvalue weighted by atomic mass is 16.5. The summed E-state index contributed by atoms with van der Waals surface area (Å²) in [6.07, 6.45) is 2.50. The SMILES string of the molecule is C=CCc1cc(N)ccc1Oc1ccc(C#N)c(C)c1. The molecule has 0 bridgehead atoms. The van der Waals surface area contributed by atoms with E-state index in [1.165, 1.54) is 0 Å². The second-order valence-corrected chi connectivity index (χ2v) is 4.55. The van der Waals surface area contributed by atoms with Gasteiger partial charge in [0, 0.05) is 11.3 Å². The zero-order valence-electron chi connectivity index (χ0n) is 11.4. The van der Waals surface area contributed by atoms with Crippen molar-refractivity contribution in [1.29, 1.82) is 5.26 Å². The molecular formula is C17H16N2O. The van der Waals surface area contributed by atoms with E-state index >= 15 is 0 Å². The Hall–Kier alpha value is -2.73. The van der Waals surface area contributed by atoms with Gasteiger partial charge in [-0.3, -0.25) is 0 Å². The third kappa shape index (κ3) is 2.99. The summed E-state index contributed by atoms with van der Waals surface area (Å²) in [6, 6.07) is 13.1. The largest absolute Gasteiger partial charge is 0.457 e. The smallest absolute Gasteiger partial charge is 0.131 e. The number of rotatable bonds is 4. The van der Waals surface area contributed by atoms with Crippen LogP contribution < -0.4 is 10.5 Å². The molecule has 0 amide bonds. The molecule has 2 rings (SSSR count). The minimum absolute atomic E-state index is 0.654. The van der Waals surface area contributed by atoms with Crippen molar-refractivity contribution in [3.05, 3.63) is 65.7 Å². The van der Waals surface area contributed by atoms with Gasteiger partial charge >= 0.3 is 0 Å². The van der Waals surface area contributed by atoms with Gasteiger partial charge in [-0.2, -0.15) is 5.26 Å². The maximum atomic E-state index is 8.93. The maximum absolute atomic E-state index is 8.93. The fourth-order valence-corrected chi connectivity index (χ4v) is 1.97. The molecule has 0 fully saturated rings. The van der Waals surface area contributed by atoms with E-state index < -0.39 is 0 Å². The van der Waals surface area contributed by atoms with Gasteiger partial charge in [0.15, 0.2) is 0 Å². The van der Waals surface area contributed by atoms with Gasteiger partial charge < -0.3 is 10.5 Å². The van der Waals surface area contributed by atoms with Crippen LogP contribution in [-0.2, 0) is 6.42 Å². The van der Waals surface area contributed by atoms with E-state index in [2.05, 4.69) is 12.6 Å². The number of hydrogen-bond donors (Lipinski definition) is 1.